The van der Waals surface area contributed by atoms with Crippen LogP contribution >= 0.6 is 0 Å². The molecule has 1 N–H and O–H groups in total. The summed E-state index contributed by atoms with van der Waals surface area (Å²) in [5.74, 6) is 0. The molecule has 0 radical (unpaired) electrons. The van der Waals surface area contributed by atoms with Crippen LogP contribution in [0.2, 0.25) is 0 Å². The first-order valence-corrected chi connectivity index (χ1v) is 31.1. The Labute approximate surface area is 568 Å². The highest BCUT2D eigenvalue weighted by molar-refractivity contribution is 4.59. The summed E-state index contributed by atoms with van der Waals surface area (Å²) in [4.78, 5) is 17.7. The van der Waals surface area contributed by atoms with Crippen molar-refractivity contribution in [3.63, 3.8) is 0 Å². The number of unbranched alkanes of at least 4 members (excludes halogenated alkanes) is 30. The van der Waals surface area contributed by atoms with Gasteiger partial charge in [0, 0.05) is 141 Å². The lowest BCUT2D eigenvalue weighted by atomic mass is 10.0. The van der Waals surface area contributed by atoms with Crippen molar-refractivity contribution in [1.29, 1.82) is 0 Å². The Hall–Kier alpha value is -3.28. The summed E-state index contributed by atoms with van der Waals surface area (Å²) in [5.41, 5.74) is 0. The highest BCUT2D eigenvalue weighted by atomic mass is 18.0. The Bertz CT molecular complexity index is 1400. The molecule has 0 aliphatic heterocycles. The second-order valence-corrected chi connectivity index (χ2v) is 18.5. The van der Waals surface area contributed by atoms with Gasteiger partial charge in [-0.05, 0) is 93.5 Å². The van der Waals surface area contributed by atoms with Crippen molar-refractivity contribution in [3.8, 4) is 0 Å². The molecule has 0 saturated heterocycles. The highest BCUT2D eigenvalue weighted by Gasteiger charge is 2.08. The van der Waals surface area contributed by atoms with Gasteiger partial charge in [0.25, 0.3) is 0 Å². The monoisotopic (exact) mass is 1500 g/mol. The van der Waals surface area contributed by atoms with Crippen molar-refractivity contribution in [2.24, 2.45) is 0 Å². The molecule has 0 amide bonds. The molecule has 0 fully saturated rings. The lowest BCUT2D eigenvalue weighted by Crippen LogP contribution is -2.24. The minimum absolute atomic E-state index is 0.120. The van der Waals surface area contributed by atoms with E-state index in [-0.39, 0.29) is 39.6 Å². The Morgan fingerprint density at radius 1 is 0.190 bits per heavy atom. The topological polar surface area (TPSA) is 500 Å². The number of ether oxygens (including phenoxy) is 4. The highest BCUT2D eigenvalue weighted by Crippen LogP contribution is 2.16. The van der Waals surface area contributed by atoms with Crippen molar-refractivity contribution in [1.82, 2.24) is 0 Å². The van der Waals surface area contributed by atoms with Gasteiger partial charge in [-0.2, -0.15) is 0 Å². The predicted molar refractivity (Wildman–Crippen MR) is 279 cm³/mol. The Kier molecular flexibility index (Phi) is 90.7. The van der Waals surface area contributed by atoms with E-state index in [0.717, 1.165) is 38.2 Å². The lowest BCUT2D eigenvalue weighted by Gasteiger charge is -2.11. The third kappa shape index (κ3) is 92.7. The summed E-state index contributed by atoms with van der Waals surface area (Å²) >= 11 is 0. The molecule has 0 aromatic heterocycles. The van der Waals surface area contributed by atoms with Gasteiger partial charge in [0.15, 0.2) is 12.5 Å². The van der Waals surface area contributed by atoms with Crippen molar-refractivity contribution in [3.05, 3.63) is 25.0 Å². The van der Waals surface area contributed by atoms with Crippen LogP contribution < -0.4 is 0 Å². The lowest BCUT2D eigenvalue weighted by molar-refractivity contribution is -0.899. The van der Waals surface area contributed by atoms with E-state index >= 15 is 0 Å². The number of hydrogen-bond acceptors (Lipinski definition) is 53. The van der Waals surface area contributed by atoms with Crippen LogP contribution in [0.15, 0.2) is 25.0 Å². The van der Waals surface area contributed by atoms with Gasteiger partial charge in [-0.25, -0.2) is 9.78 Å². The number of aliphatic hydroxyl groups is 1. The fourth-order valence-electron chi connectivity index (χ4n) is 7.04. The van der Waals surface area contributed by atoms with E-state index < -0.39 is 6.10 Å². The van der Waals surface area contributed by atoms with Crippen LogP contribution in [0.4, 0.5) is 0 Å². The first-order chi connectivity index (χ1) is 49.8. The second kappa shape index (κ2) is 93.7. The molecule has 0 unspecified atom stereocenters. The summed E-state index contributed by atoms with van der Waals surface area (Å²) in [6, 6.07) is 0. The minimum Gasteiger partial charge on any atom is -0.498 e. The molecule has 0 spiro atoms. The first kappa shape index (κ1) is 96.7. The second-order valence-electron chi connectivity index (χ2n) is 18.5. The average Bonchev–Trinajstić information content (AvgIpc) is 3.81. The number of hydrogen-bond donors (Lipinski definition) is 1. The van der Waals surface area contributed by atoms with Crippen LogP contribution in [0.1, 0.15) is 219 Å². The maximum absolute atomic E-state index is 9.81. The SMILES string of the molecule is CCCCCCCCCCCCCCCCCCO/C=C\OOOOOOOOOOOOOOOOOOOOOOOOCCOCC(O)COCCOOOOOOOOOOOOOOOOOOOOOOOO/C=C\OCCCCCCCCCCCCCCCCCC. The van der Waals surface area contributed by atoms with Gasteiger partial charge in [0.1, 0.15) is 31.8 Å². The molecule has 0 rings (SSSR count). The van der Waals surface area contributed by atoms with E-state index in [1.807, 2.05) is 0 Å². The third-order valence-electron chi connectivity index (χ3n) is 11.2. The van der Waals surface area contributed by atoms with Crippen molar-refractivity contribution < 1.29 is 265 Å². The maximum Gasteiger partial charge on any atom is 0.167 e. The zero-order valence-corrected chi connectivity index (χ0v) is 54.8. The van der Waals surface area contributed by atoms with Crippen molar-refractivity contribution in [2.45, 2.75) is 225 Å². The first-order valence-electron chi connectivity index (χ1n) is 31.1. The van der Waals surface area contributed by atoms with Gasteiger partial charge < -0.3 is 33.8 Å². The summed E-state index contributed by atoms with van der Waals surface area (Å²) < 4.78 is 20.7. The normalized spacial score (nSPS) is 11.9. The van der Waals surface area contributed by atoms with Crippen molar-refractivity contribution in [2.75, 3.05) is 52.9 Å². The fourth-order valence-corrected chi connectivity index (χ4v) is 7.04. The van der Waals surface area contributed by atoms with Crippen LogP contribution in [0.3, 0.4) is 0 Å². The van der Waals surface area contributed by atoms with Crippen LogP contribution in [-0.2, 0) is 260 Å². The van der Waals surface area contributed by atoms with Crippen LogP contribution in [-0.4, -0.2) is 64.1 Å². The van der Waals surface area contributed by atoms with E-state index in [4.69, 9.17) is 18.9 Å². The van der Waals surface area contributed by atoms with E-state index in [0.29, 0.717) is 13.2 Å². The molecule has 0 aromatic rings. The van der Waals surface area contributed by atoms with Crippen LogP contribution in [0, 0.1) is 0 Å². The predicted octanol–water partition coefficient (Wildman–Crippen LogP) is 10.8. The van der Waals surface area contributed by atoms with Gasteiger partial charge in [0.2, 0.25) is 0 Å². The van der Waals surface area contributed by atoms with E-state index in [9.17, 15) is 5.11 Å². The zero-order valence-electron chi connectivity index (χ0n) is 54.8. The Morgan fingerprint density at radius 3 is 0.580 bits per heavy atom. The molecule has 53 nitrogen and oxygen atoms in total. The van der Waals surface area contributed by atoms with Gasteiger partial charge >= 0.3 is 0 Å². The van der Waals surface area contributed by atoms with E-state index in [1.165, 1.54) is 192 Å². The minimum atomic E-state index is -1.08. The molecule has 0 aliphatic carbocycles. The van der Waals surface area contributed by atoms with Gasteiger partial charge in [-0.15, -0.1) is 0 Å². The smallest absolute Gasteiger partial charge is 0.167 e. The van der Waals surface area contributed by atoms with Gasteiger partial charge in [0.05, 0.1) is 39.6 Å². The van der Waals surface area contributed by atoms with Gasteiger partial charge in [-0.3, -0.25) is 0 Å². The molecule has 0 heterocycles. The molecule has 0 bridgehead atoms. The molecule has 53 heteroatoms. The molecule has 598 valence electrons. The molecule has 100 heavy (non-hydrogen) atoms. The molecule has 0 atom stereocenters. The average molecular weight is 1510 g/mol. The van der Waals surface area contributed by atoms with E-state index in [1.54, 1.807) is 0 Å². The standard InChI is InChI=1S/C47H92O53/c1-3-5-7-9-11-13-15-17-19-21-23-25-27-29-31-33-35-49-37-41-53-57-61-65-69-73-77-81-85-89-93-97-99-95-91-87-83-79-75-71-67-63-59-55-43-39-51-45-47(48)46-52-40-44-56-60-64-68-72-76-80-84-88-92-96-100-98-94-90-86-82-78-74-70-66-62-58-54-42-38-50-36-34-32-30-28-26-24-22-20-18-16-14-12-10-8-6-4-2/h37-38,41-42,47-48H,3-36,39-40,43-46H2,1-2H3/b41-37-,42-38-. The summed E-state index contributed by atoms with van der Waals surface area (Å²) in [6.45, 7) is 4.36. The van der Waals surface area contributed by atoms with Crippen molar-refractivity contribution >= 4 is 0 Å². The summed E-state index contributed by atoms with van der Waals surface area (Å²) in [5, 5.41) is 174. The fraction of sp³-hybridized carbons (Fsp3) is 0.915. The molecular weight excluding hydrogens is 1410 g/mol. The number of aliphatic hydroxyl groups excluding tert-OH is 1. The Balaban J connectivity index is 3.17. The summed E-state index contributed by atoms with van der Waals surface area (Å²) in [6.07, 6.45) is 44.5. The van der Waals surface area contributed by atoms with Gasteiger partial charge in [-0.1, -0.05) is 206 Å². The third-order valence-corrected chi connectivity index (χ3v) is 11.2. The maximum atomic E-state index is 9.81. The molecule has 0 aromatic carbocycles. The van der Waals surface area contributed by atoms with E-state index in [2.05, 4.69) is 255 Å². The Morgan fingerprint density at radius 2 is 0.370 bits per heavy atom. The van der Waals surface area contributed by atoms with Crippen LogP contribution in [0.5, 0.6) is 0 Å². The largest absolute Gasteiger partial charge is 0.498 e. The molecule has 0 saturated carbocycles. The molecular formula is C47H92O53. The zero-order chi connectivity index (χ0) is 71.5. The van der Waals surface area contributed by atoms with Crippen LogP contribution in [0.25, 0.3) is 0 Å². The number of rotatable bonds is 94. The summed E-state index contributed by atoms with van der Waals surface area (Å²) in [7, 11) is 0. The quantitative estimate of drug-likeness (QED) is 0.0256. The molecule has 0 aliphatic rings.